The van der Waals surface area contributed by atoms with E-state index >= 15 is 0 Å². The monoisotopic (exact) mass is 308 g/mol. The second-order valence-corrected chi connectivity index (χ2v) is 5.95. The van der Waals surface area contributed by atoms with Gasteiger partial charge in [0.25, 0.3) is 5.91 Å². The number of hydrogen-bond acceptors (Lipinski definition) is 2. The Morgan fingerprint density at radius 3 is 2.22 bits per heavy atom. The van der Waals surface area contributed by atoms with Gasteiger partial charge in [-0.3, -0.25) is 9.59 Å². The average Bonchev–Trinajstić information content (AvgIpc) is 3.39. The van der Waals surface area contributed by atoms with E-state index in [0.29, 0.717) is 11.6 Å². The lowest BCUT2D eigenvalue weighted by Crippen LogP contribution is -2.39. The predicted molar refractivity (Wildman–Crippen MR) is 90.0 cm³/mol. The number of likely N-dealkylation sites (N-methyl/N-ethyl adjacent to an activating group) is 1. The molecular formula is C19H20N2O2. The van der Waals surface area contributed by atoms with Crippen molar-refractivity contribution in [1.82, 2.24) is 10.2 Å². The number of hydrogen-bond donors (Lipinski definition) is 1. The molecule has 2 aromatic carbocycles. The maximum absolute atomic E-state index is 12.4. The van der Waals surface area contributed by atoms with Crippen LogP contribution in [0.2, 0.25) is 0 Å². The Bertz CT molecular complexity index is 691. The van der Waals surface area contributed by atoms with Crippen LogP contribution in [0.4, 0.5) is 0 Å². The van der Waals surface area contributed by atoms with Crippen molar-refractivity contribution in [2.75, 3.05) is 13.6 Å². The number of nitrogens with one attached hydrogen (secondary N) is 1. The minimum absolute atomic E-state index is 0.0930. The first-order valence-electron chi connectivity index (χ1n) is 7.84. The van der Waals surface area contributed by atoms with Gasteiger partial charge >= 0.3 is 0 Å². The molecule has 1 aliphatic rings. The van der Waals surface area contributed by atoms with Gasteiger partial charge < -0.3 is 10.2 Å². The molecule has 1 N–H and O–H groups in total. The summed E-state index contributed by atoms with van der Waals surface area (Å²) in [5.74, 6) is -0.236. The molecule has 0 spiro atoms. The first-order valence-corrected chi connectivity index (χ1v) is 7.84. The molecule has 23 heavy (non-hydrogen) atoms. The van der Waals surface area contributed by atoms with Crippen LogP contribution in [0.5, 0.6) is 0 Å². The van der Waals surface area contributed by atoms with Crippen molar-refractivity contribution in [3.05, 3.63) is 60.2 Å². The lowest BCUT2D eigenvalue weighted by atomic mass is 10.0. The number of amides is 2. The van der Waals surface area contributed by atoms with Crippen molar-refractivity contribution >= 4 is 11.8 Å². The highest BCUT2D eigenvalue weighted by Gasteiger charge is 2.24. The molecule has 0 saturated heterocycles. The summed E-state index contributed by atoms with van der Waals surface area (Å²) >= 11 is 0. The van der Waals surface area contributed by atoms with Crippen LogP contribution in [-0.4, -0.2) is 36.3 Å². The molecule has 1 fully saturated rings. The number of nitrogens with zero attached hydrogens (tertiary/aromatic N) is 1. The fourth-order valence-corrected chi connectivity index (χ4v) is 2.44. The van der Waals surface area contributed by atoms with E-state index in [0.717, 1.165) is 24.0 Å². The van der Waals surface area contributed by atoms with Gasteiger partial charge in [0.15, 0.2) is 0 Å². The molecule has 0 unspecified atom stereocenters. The lowest BCUT2D eigenvalue weighted by Gasteiger charge is -2.17. The van der Waals surface area contributed by atoms with Gasteiger partial charge in [0.1, 0.15) is 0 Å². The molecule has 0 aliphatic heterocycles. The van der Waals surface area contributed by atoms with E-state index in [1.54, 1.807) is 19.2 Å². The van der Waals surface area contributed by atoms with Crippen molar-refractivity contribution in [3.63, 3.8) is 0 Å². The average molecular weight is 308 g/mol. The molecule has 0 aromatic heterocycles. The van der Waals surface area contributed by atoms with Crippen molar-refractivity contribution in [2.24, 2.45) is 0 Å². The Balaban J connectivity index is 1.63. The van der Waals surface area contributed by atoms with E-state index in [1.807, 2.05) is 42.5 Å². The maximum atomic E-state index is 12.4. The van der Waals surface area contributed by atoms with E-state index < -0.39 is 0 Å². The highest BCUT2D eigenvalue weighted by molar-refractivity contribution is 5.96. The minimum atomic E-state index is -0.143. The second-order valence-electron chi connectivity index (χ2n) is 5.95. The molecule has 4 heteroatoms. The van der Waals surface area contributed by atoms with Crippen molar-refractivity contribution in [1.29, 1.82) is 0 Å². The Morgan fingerprint density at radius 1 is 1.00 bits per heavy atom. The van der Waals surface area contributed by atoms with Crippen LogP contribution < -0.4 is 5.32 Å². The molecule has 0 bridgehead atoms. The Hall–Kier alpha value is -2.62. The molecule has 1 saturated carbocycles. The molecule has 1 aliphatic carbocycles. The van der Waals surface area contributed by atoms with Gasteiger partial charge in [0.05, 0.1) is 6.54 Å². The van der Waals surface area contributed by atoms with Gasteiger partial charge in [-0.1, -0.05) is 42.5 Å². The van der Waals surface area contributed by atoms with Crippen molar-refractivity contribution < 1.29 is 9.59 Å². The normalized spacial score (nSPS) is 13.4. The van der Waals surface area contributed by atoms with Crippen LogP contribution in [0, 0.1) is 0 Å². The SMILES string of the molecule is CN(CC(=O)NC1CC1)C(=O)c1ccc(-c2ccccc2)cc1. The first kappa shape index (κ1) is 15.3. The summed E-state index contributed by atoms with van der Waals surface area (Å²) in [7, 11) is 1.65. The zero-order valence-electron chi connectivity index (χ0n) is 13.2. The topological polar surface area (TPSA) is 49.4 Å². The minimum Gasteiger partial charge on any atom is -0.352 e. The molecule has 0 radical (unpaired) electrons. The third-order valence-electron chi connectivity index (χ3n) is 3.91. The summed E-state index contributed by atoms with van der Waals surface area (Å²) < 4.78 is 0. The summed E-state index contributed by atoms with van der Waals surface area (Å²) in [6, 6.07) is 17.8. The smallest absolute Gasteiger partial charge is 0.254 e. The second kappa shape index (κ2) is 6.65. The quantitative estimate of drug-likeness (QED) is 0.923. The highest BCUT2D eigenvalue weighted by Crippen LogP contribution is 2.20. The molecule has 2 amide bonds. The summed E-state index contributed by atoms with van der Waals surface area (Å²) in [4.78, 5) is 25.6. The maximum Gasteiger partial charge on any atom is 0.254 e. The Labute approximate surface area is 136 Å². The van der Waals surface area contributed by atoms with Crippen LogP contribution in [0.15, 0.2) is 54.6 Å². The van der Waals surface area contributed by atoms with E-state index in [1.165, 1.54) is 4.90 Å². The molecule has 3 rings (SSSR count). The Kier molecular flexibility index (Phi) is 4.42. The summed E-state index contributed by atoms with van der Waals surface area (Å²) in [5, 5.41) is 2.89. The van der Waals surface area contributed by atoms with Gasteiger partial charge in [0.2, 0.25) is 5.91 Å². The molecule has 0 heterocycles. The van der Waals surface area contributed by atoms with Gasteiger partial charge in [0, 0.05) is 18.7 Å². The zero-order chi connectivity index (χ0) is 16.2. The first-order chi connectivity index (χ1) is 11.1. The summed E-state index contributed by atoms with van der Waals surface area (Å²) in [6.45, 7) is 0.0930. The van der Waals surface area contributed by atoms with Crippen LogP contribution in [0.25, 0.3) is 11.1 Å². The van der Waals surface area contributed by atoms with Gasteiger partial charge in [-0.05, 0) is 36.1 Å². The fraction of sp³-hybridized carbons (Fsp3) is 0.263. The van der Waals surface area contributed by atoms with Gasteiger partial charge in [-0.15, -0.1) is 0 Å². The standard InChI is InChI=1S/C19H20N2O2/c1-21(13-18(22)20-17-11-12-17)19(23)16-9-7-15(8-10-16)14-5-3-2-4-6-14/h2-10,17H,11-13H2,1H3,(H,20,22). The summed E-state index contributed by atoms with van der Waals surface area (Å²) in [6.07, 6.45) is 2.09. The zero-order valence-corrected chi connectivity index (χ0v) is 13.2. The van der Waals surface area contributed by atoms with E-state index in [4.69, 9.17) is 0 Å². The van der Waals surface area contributed by atoms with E-state index in [-0.39, 0.29) is 18.4 Å². The van der Waals surface area contributed by atoms with Crippen molar-refractivity contribution in [2.45, 2.75) is 18.9 Å². The van der Waals surface area contributed by atoms with E-state index in [2.05, 4.69) is 5.32 Å². The number of carbonyl (C=O) groups excluding carboxylic acids is 2. The van der Waals surface area contributed by atoms with Crippen LogP contribution >= 0.6 is 0 Å². The van der Waals surface area contributed by atoms with Gasteiger partial charge in [-0.2, -0.15) is 0 Å². The molecule has 118 valence electrons. The van der Waals surface area contributed by atoms with Gasteiger partial charge in [-0.25, -0.2) is 0 Å². The molecule has 0 atom stereocenters. The highest BCUT2D eigenvalue weighted by atomic mass is 16.2. The van der Waals surface area contributed by atoms with Crippen LogP contribution in [-0.2, 0) is 4.79 Å². The molecular weight excluding hydrogens is 288 g/mol. The predicted octanol–water partition coefficient (Wildman–Crippen LogP) is 2.70. The van der Waals surface area contributed by atoms with Crippen LogP contribution in [0.1, 0.15) is 23.2 Å². The Morgan fingerprint density at radius 2 is 1.61 bits per heavy atom. The van der Waals surface area contributed by atoms with Crippen molar-refractivity contribution in [3.8, 4) is 11.1 Å². The largest absolute Gasteiger partial charge is 0.352 e. The van der Waals surface area contributed by atoms with E-state index in [9.17, 15) is 9.59 Å². The van der Waals surface area contributed by atoms with Crippen LogP contribution in [0.3, 0.4) is 0 Å². The summed E-state index contributed by atoms with van der Waals surface area (Å²) in [5.41, 5.74) is 2.77. The number of benzene rings is 2. The third kappa shape index (κ3) is 3.97. The number of carbonyl (C=O) groups is 2. The third-order valence-corrected chi connectivity index (χ3v) is 3.91. The lowest BCUT2D eigenvalue weighted by molar-refractivity contribution is -0.121. The molecule has 4 nitrogen and oxygen atoms in total. The number of rotatable bonds is 5. The fourth-order valence-electron chi connectivity index (χ4n) is 2.44. The molecule has 2 aromatic rings.